The van der Waals surface area contributed by atoms with Crippen molar-refractivity contribution in [3.05, 3.63) is 113 Å². The second-order valence-corrected chi connectivity index (χ2v) is 38.8. The first kappa shape index (κ1) is 78.1. The van der Waals surface area contributed by atoms with E-state index in [2.05, 4.69) is 54.5 Å². The molecule has 14 rings (SSSR count). The summed E-state index contributed by atoms with van der Waals surface area (Å²) in [5.41, 5.74) is 2.19. The highest BCUT2D eigenvalue weighted by Crippen LogP contribution is 2.50. The van der Waals surface area contributed by atoms with Gasteiger partial charge < -0.3 is 49.7 Å². The summed E-state index contributed by atoms with van der Waals surface area (Å²) in [5.74, 6) is -2.54. The third-order valence-corrected chi connectivity index (χ3v) is 27.9. The van der Waals surface area contributed by atoms with Gasteiger partial charge in [-0.2, -0.15) is 4.98 Å². The Hall–Kier alpha value is -9.00. The Morgan fingerprint density at radius 2 is 1.27 bits per heavy atom. The topological polar surface area (TPSA) is 342 Å². The Balaban J connectivity index is 0.000000198. The summed E-state index contributed by atoms with van der Waals surface area (Å²) < 4.78 is 81.0. The molecule has 0 radical (unpaired) electrons. The fourth-order valence-corrected chi connectivity index (χ4v) is 19.2. The van der Waals surface area contributed by atoms with Gasteiger partial charge in [0.2, 0.25) is 49.6 Å². The van der Waals surface area contributed by atoms with Gasteiger partial charge in [-0.05, 0) is 159 Å². The molecular formula is C79H98N12O14S4. The maximum absolute atomic E-state index is 15.0. The Morgan fingerprint density at radius 1 is 0.679 bits per heavy atom. The summed E-state index contributed by atoms with van der Waals surface area (Å²) in [6.07, 6.45) is 2.61. The van der Waals surface area contributed by atoms with E-state index in [0.29, 0.717) is 78.6 Å². The van der Waals surface area contributed by atoms with Gasteiger partial charge in [0, 0.05) is 29.3 Å². The molecule has 2 saturated heterocycles. The maximum Gasteiger partial charge on any atom is 0.296 e. The Kier molecular flexibility index (Phi) is 21.3. The standard InChI is InChI=1S/C44H53N7O8S2.C35H45N5O6S2/c1-9-25-20-44(25,41(54)50-61(55,56)27-14-15-27)49-37(52)33-18-26(21-51(33)40(53)36(43(5,6)7)48-42-47-30-12-10-11-13-35(30)59-42)58-38-28-16-17-34(57-8)24(4)29(28)19-31(45-38)39-46-32(22-60-39)23(2)3;1-7-22-19-35(22,31(43)39-48(44,45)34(6)15-16-34)38-29(41)26-18-24(46-32-37-25-13-8-9-14-27(25)47-32)20-40(26)30(42)28(33(3,4)5)36-23-12-10-11-21(2)17-23/h10-13,16-17,19,22-23,25-27,33,36H,9,14-15,18,20-21H2,1-8H3,(H,47,48)(H,49,52)(H,50,54);8-14,17,22,24,26,28,36H,7,15-16,18-20H2,1-6H3,(H,38,41)(H,39,43)/t25-,26-,33+,36-,44-;22-,24-,26+,28-,35-/m11/s1. The first-order valence-electron chi connectivity index (χ1n) is 37.4. The normalized spacial score (nSPS) is 23.5. The highest BCUT2D eigenvalue weighted by atomic mass is 32.2. The van der Waals surface area contributed by atoms with Crippen molar-refractivity contribution in [2.45, 2.75) is 218 Å². The first-order valence-corrected chi connectivity index (χ1v) is 42.2. The van der Waals surface area contributed by atoms with Crippen LogP contribution in [0, 0.1) is 36.5 Å². The number of anilines is 2. The molecule has 10 atom stereocenters. The van der Waals surface area contributed by atoms with Gasteiger partial charge in [-0.15, -0.1) is 11.3 Å². The summed E-state index contributed by atoms with van der Waals surface area (Å²) in [4.78, 5) is 108. The smallest absolute Gasteiger partial charge is 0.296 e. The summed E-state index contributed by atoms with van der Waals surface area (Å²) in [6, 6.07) is 24.9. The lowest BCUT2D eigenvalue weighted by Crippen LogP contribution is -2.59. The second-order valence-electron chi connectivity index (χ2n) is 32.8. The lowest BCUT2D eigenvalue weighted by Gasteiger charge is -2.36. The third kappa shape index (κ3) is 16.2. The van der Waals surface area contributed by atoms with E-state index in [1.54, 1.807) is 25.0 Å². The molecule has 30 heteroatoms. The van der Waals surface area contributed by atoms with E-state index in [0.717, 1.165) is 48.5 Å². The van der Waals surface area contributed by atoms with Crippen LogP contribution < -0.4 is 44.9 Å². The predicted molar refractivity (Wildman–Crippen MR) is 419 cm³/mol. The molecule has 6 amide bonds. The molecule has 4 aromatic carbocycles. The number of hydrogen-bond acceptors (Lipinski definition) is 22. The van der Waals surface area contributed by atoms with Crippen molar-refractivity contribution >= 4 is 122 Å². The molecule has 109 heavy (non-hydrogen) atoms. The molecule has 0 spiro atoms. The van der Waals surface area contributed by atoms with Crippen LogP contribution in [0.15, 0.2) is 101 Å². The van der Waals surface area contributed by atoms with Gasteiger partial charge in [0.1, 0.15) is 69.4 Å². The van der Waals surface area contributed by atoms with Crippen LogP contribution in [0.4, 0.5) is 11.7 Å². The molecule has 6 fully saturated rings. The molecule has 2 aliphatic heterocycles. The number of nitrogens with one attached hydrogen (secondary N) is 6. The summed E-state index contributed by atoms with van der Waals surface area (Å²) in [7, 11) is -6.17. The fourth-order valence-electron chi connectivity index (χ4n) is 14.7. The van der Waals surface area contributed by atoms with E-state index >= 15 is 4.79 Å². The van der Waals surface area contributed by atoms with E-state index in [-0.39, 0.29) is 62.0 Å². The molecule has 8 aromatic rings. The van der Waals surface area contributed by atoms with Gasteiger partial charge in [-0.25, -0.2) is 31.8 Å². The predicted octanol–water partition coefficient (Wildman–Crippen LogP) is 11.5. The molecule has 582 valence electrons. The van der Waals surface area contributed by atoms with Gasteiger partial charge in [0.15, 0.2) is 5.58 Å². The monoisotopic (exact) mass is 1570 g/mol. The van der Waals surface area contributed by atoms with Crippen LogP contribution in [0.3, 0.4) is 0 Å². The SMILES string of the molecule is CC[C@@H]1C[C@]1(NC(=O)[C@@H]1C[C@@H](Oc2nc(-c3nc(C(C)C)cs3)cc3c(C)c(OC)ccc23)CN1C(=O)[C@@H](Nc1nc2ccccc2o1)C(C)(C)C)C(=O)NS(=O)(=O)C1CC1.CC[C@@H]1C[C@]1(NC(=O)[C@@H]1C[C@@H](Oc2nc3ccccc3s2)CN1C(=O)[C@@H](Nc1cccc(C)c1)C(C)(C)C)C(=O)NS(=O)(=O)C1(C)CC1. The third-order valence-electron chi connectivity index (χ3n) is 22.1. The van der Waals surface area contributed by atoms with Crippen LogP contribution in [0.2, 0.25) is 0 Å². The van der Waals surface area contributed by atoms with E-state index < -0.39 is 118 Å². The van der Waals surface area contributed by atoms with Crippen LogP contribution in [-0.4, -0.2) is 160 Å². The van der Waals surface area contributed by atoms with E-state index in [9.17, 15) is 40.8 Å². The van der Waals surface area contributed by atoms with Gasteiger partial charge >= 0.3 is 0 Å². The number of methoxy groups -OCH3 is 1. The lowest BCUT2D eigenvalue weighted by atomic mass is 9.85. The highest BCUT2D eigenvalue weighted by molar-refractivity contribution is 7.91. The Labute approximate surface area is 643 Å². The number of nitrogens with zero attached hydrogens (tertiary/aromatic N) is 6. The van der Waals surface area contributed by atoms with E-state index in [1.807, 2.05) is 160 Å². The molecule has 26 nitrogen and oxygen atoms in total. The number of rotatable bonds is 25. The number of fused-ring (bicyclic) bond motifs is 3. The molecule has 6 aliphatic rings. The van der Waals surface area contributed by atoms with Crippen molar-refractivity contribution in [2.75, 3.05) is 30.8 Å². The van der Waals surface area contributed by atoms with Crippen molar-refractivity contribution in [2.24, 2.45) is 22.7 Å². The minimum atomic E-state index is -3.90. The number of likely N-dealkylation sites (tertiary alicyclic amines) is 2. The Bertz CT molecular complexity index is 5030. The summed E-state index contributed by atoms with van der Waals surface area (Å²) in [6.45, 7) is 25.3. The molecular weight excluding hydrogens is 1470 g/mol. The van der Waals surface area contributed by atoms with Crippen LogP contribution in [-0.2, 0) is 48.8 Å². The van der Waals surface area contributed by atoms with Gasteiger partial charge in [-0.1, -0.05) is 130 Å². The van der Waals surface area contributed by atoms with Gasteiger partial charge in [-0.3, -0.25) is 38.2 Å². The lowest BCUT2D eigenvalue weighted by molar-refractivity contribution is -0.141. The Morgan fingerprint density at radius 3 is 1.81 bits per heavy atom. The van der Waals surface area contributed by atoms with Crippen molar-refractivity contribution in [3.8, 4) is 27.5 Å². The van der Waals surface area contributed by atoms with Crippen LogP contribution in [0.5, 0.6) is 16.8 Å². The zero-order valence-electron chi connectivity index (χ0n) is 64.0. The zero-order chi connectivity index (χ0) is 78.2. The van der Waals surface area contributed by atoms with Crippen molar-refractivity contribution in [1.29, 1.82) is 0 Å². The van der Waals surface area contributed by atoms with Crippen molar-refractivity contribution in [1.82, 2.24) is 49.8 Å². The van der Waals surface area contributed by atoms with Crippen molar-refractivity contribution in [3.63, 3.8) is 0 Å². The number of para-hydroxylation sites is 3. The number of oxazole rings is 1. The fraction of sp³-hybridized carbons (Fsp3) is 0.519. The quantitative estimate of drug-likeness (QED) is 0.0309. The molecule has 6 heterocycles. The number of carbonyl (C=O) groups is 6. The van der Waals surface area contributed by atoms with Gasteiger partial charge in [0.25, 0.3) is 23.0 Å². The molecule has 4 aromatic heterocycles. The summed E-state index contributed by atoms with van der Waals surface area (Å²) in [5, 5.41) is 16.7. The number of benzene rings is 4. The number of sulfonamides is 2. The molecule has 0 bridgehead atoms. The number of carbonyl (C=O) groups excluding carboxylic acids is 6. The van der Waals surface area contributed by atoms with Crippen LogP contribution >= 0.6 is 22.7 Å². The average Bonchev–Trinajstić information content (AvgIpc) is 1.58. The number of pyridine rings is 1. The summed E-state index contributed by atoms with van der Waals surface area (Å²) >= 11 is 2.89. The zero-order valence-corrected chi connectivity index (χ0v) is 67.3. The largest absolute Gasteiger partial charge is 0.496 e. The molecule has 6 N–H and O–H groups in total. The molecule has 4 aliphatic carbocycles. The number of aryl methyl sites for hydroxylation is 2. The van der Waals surface area contributed by atoms with E-state index in [4.69, 9.17) is 28.6 Å². The number of hydrogen-bond donors (Lipinski definition) is 6. The number of amides is 6. The average molecular weight is 1570 g/mol. The minimum Gasteiger partial charge on any atom is -0.496 e. The first-order chi connectivity index (χ1) is 51.5. The minimum absolute atomic E-state index is 0.00247. The second kappa shape index (κ2) is 29.7. The van der Waals surface area contributed by atoms with Crippen LogP contribution in [0.25, 0.3) is 42.8 Å². The number of aromatic nitrogens is 4. The van der Waals surface area contributed by atoms with Gasteiger partial charge in [0.05, 0.1) is 46.1 Å². The van der Waals surface area contributed by atoms with E-state index in [1.165, 1.54) is 27.6 Å². The molecule has 4 saturated carbocycles. The number of ether oxygens (including phenoxy) is 3. The number of thiazole rings is 2. The van der Waals surface area contributed by atoms with Crippen LogP contribution in [0.1, 0.15) is 163 Å². The molecule has 0 unspecified atom stereocenters. The van der Waals surface area contributed by atoms with Crippen molar-refractivity contribution < 1.29 is 64.2 Å². The maximum atomic E-state index is 15.0. The highest BCUT2D eigenvalue weighted by Gasteiger charge is 2.65.